The van der Waals surface area contributed by atoms with Gasteiger partial charge in [-0.25, -0.2) is 4.79 Å². The molecule has 3 atom stereocenters. The first-order chi connectivity index (χ1) is 10.4. The maximum Gasteiger partial charge on any atom is 0.410 e. The van der Waals surface area contributed by atoms with Crippen molar-refractivity contribution in [3.05, 3.63) is 0 Å². The molecule has 0 aromatic carbocycles. The lowest BCUT2D eigenvalue weighted by atomic mass is 9.95. The molecule has 3 aliphatic rings. The summed E-state index contributed by atoms with van der Waals surface area (Å²) in [5.41, 5.74) is -0.397. The molecule has 4 heteroatoms. The monoisotopic (exact) mass is 308 g/mol. The smallest absolute Gasteiger partial charge is 0.410 e. The molecule has 126 valence electrons. The zero-order valence-corrected chi connectivity index (χ0v) is 14.4. The van der Waals surface area contributed by atoms with Crippen LogP contribution in [-0.4, -0.2) is 41.8 Å². The molecule has 0 aromatic rings. The van der Waals surface area contributed by atoms with E-state index in [2.05, 4.69) is 5.32 Å². The molecular formula is C18H32N2O2. The maximum atomic E-state index is 12.3. The molecule has 0 radical (unpaired) electrons. The van der Waals surface area contributed by atoms with Crippen molar-refractivity contribution < 1.29 is 9.53 Å². The number of rotatable bonds is 6. The van der Waals surface area contributed by atoms with Crippen molar-refractivity contribution in [1.29, 1.82) is 0 Å². The lowest BCUT2D eigenvalue weighted by Gasteiger charge is -2.28. The van der Waals surface area contributed by atoms with Gasteiger partial charge in [-0.05, 0) is 77.7 Å². The average Bonchev–Trinajstić information content (AvgIpc) is 3.03. The third kappa shape index (κ3) is 4.15. The number of carbonyl (C=O) groups excluding carboxylic acids is 1. The Kier molecular flexibility index (Phi) is 4.67. The van der Waals surface area contributed by atoms with Gasteiger partial charge in [0.25, 0.3) is 0 Å². The van der Waals surface area contributed by atoms with Gasteiger partial charge in [-0.1, -0.05) is 6.42 Å². The van der Waals surface area contributed by atoms with E-state index in [1.807, 2.05) is 25.7 Å². The van der Waals surface area contributed by atoms with Crippen molar-refractivity contribution in [2.24, 2.45) is 11.8 Å². The Hall–Kier alpha value is -0.770. The van der Waals surface area contributed by atoms with Gasteiger partial charge in [0.2, 0.25) is 0 Å². The lowest BCUT2D eigenvalue weighted by Crippen LogP contribution is -2.40. The van der Waals surface area contributed by atoms with Gasteiger partial charge in [0.05, 0.1) is 0 Å². The van der Waals surface area contributed by atoms with Crippen molar-refractivity contribution in [2.75, 3.05) is 13.1 Å². The molecule has 0 heterocycles. The molecule has 0 aromatic heterocycles. The predicted molar refractivity (Wildman–Crippen MR) is 87.8 cm³/mol. The Balaban J connectivity index is 1.38. The van der Waals surface area contributed by atoms with Crippen LogP contribution in [0.3, 0.4) is 0 Å². The first-order valence-electron chi connectivity index (χ1n) is 9.15. The zero-order chi connectivity index (χ0) is 15.7. The van der Waals surface area contributed by atoms with Crippen molar-refractivity contribution in [2.45, 2.75) is 83.4 Å². The fraction of sp³-hybridized carbons (Fsp3) is 0.944. The van der Waals surface area contributed by atoms with Crippen LogP contribution in [0, 0.1) is 11.8 Å². The van der Waals surface area contributed by atoms with Gasteiger partial charge in [0, 0.05) is 18.6 Å². The lowest BCUT2D eigenvalue weighted by molar-refractivity contribution is 0.0231. The second-order valence-electron chi connectivity index (χ2n) is 8.49. The summed E-state index contributed by atoms with van der Waals surface area (Å²) >= 11 is 0. The molecule has 3 aliphatic carbocycles. The molecule has 22 heavy (non-hydrogen) atoms. The Labute approximate surface area is 135 Å². The van der Waals surface area contributed by atoms with Gasteiger partial charge in [0.1, 0.15) is 5.60 Å². The molecular weight excluding hydrogens is 276 g/mol. The SMILES string of the molecule is CC(C)(C)OC(=O)N(CCCNC1CC2CCC1C2)C1CC1. The van der Waals surface area contributed by atoms with E-state index in [-0.39, 0.29) is 6.09 Å². The predicted octanol–water partition coefficient (Wildman–Crippen LogP) is 3.55. The van der Waals surface area contributed by atoms with E-state index >= 15 is 0 Å². The van der Waals surface area contributed by atoms with E-state index in [0.29, 0.717) is 6.04 Å². The normalized spacial score (nSPS) is 30.6. The molecule has 1 amide bonds. The molecule has 1 N–H and O–H groups in total. The Morgan fingerprint density at radius 3 is 2.50 bits per heavy atom. The van der Waals surface area contributed by atoms with Gasteiger partial charge in [-0.15, -0.1) is 0 Å². The van der Waals surface area contributed by atoms with E-state index < -0.39 is 5.60 Å². The van der Waals surface area contributed by atoms with Crippen LogP contribution in [-0.2, 0) is 4.74 Å². The Morgan fingerprint density at radius 1 is 1.18 bits per heavy atom. The van der Waals surface area contributed by atoms with Crippen LogP contribution in [0.2, 0.25) is 0 Å². The summed E-state index contributed by atoms with van der Waals surface area (Å²) in [5, 5.41) is 3.74. The highest BCUT2D eigenvalue weighted by molar-refractivity contribution is 5.69. The van der Waals surface area contributed by atoms with Gasteiger partial charge in [0.15, 0.2) is 0 Å². The van der Waals surface area contributed by atoms with E-state index in [1.54, 1.807) is 0 Å². The van der Waals surface area contributed by atoms with Crippen molar-refractivity contribution in [1.82, 2.24) is 10.2 Å². The number of nitrogens with one attached hydrogen (secondary N) is 1. The van der Waals surface area contributed by atoms with Crippen LogP contribution in [0.1, 0.15) is 65.7 Å². The maximum absolute atomic E-state index is 12.3. The van der Waals surface area contributed by atoms with Gasteiger partial charge in [-0.2, -0.15) is 0 Å². The van der Waals surface area contributed by atoms with Crippen LogP contribution in [0.25, 0.3) is 0 Å². The number of nitrogens with zero attached hydrogens (tertiary/aromatic N) is 1. The number of carbonyl (C=O) groups is 1. The second-order valence-corrected chi connectivity index (χ2v) is 8.49. The number of ether oxygens (including phenoxy) is 1. The van der Waals surface area contributed by atoms with Crippen LogP contribution in [0.15, 0.2) is 0 Å². The summed E-state index contributed by atoms with van der Waals surface area (Å²) in [6.07, 6.45) is 8.88. The van der Waals surface area contributed by atoms with Gasteiger partial charge in [-0.3, -0.25) is 0 Å². The number of hydrogen-bond acceptors (Lipinski definition) is 3. The molecule has 0 spiro atoms. The fourth-order valence-corrected chi connectivity index (χ4v) is 4.16. The Morgan fingerprint density at radius 2 is 1.95 bits per heavy atom. The van der Waals surface area contributed by atoms with Crippen molar-refractivity contribution in [3.8, 4) is 0 Å². The van der Waals surface area contributed by atoms with Crippen molar-refractivity contribution >= 4 is 6.09 Å². The highest BCUT2D eigenvalue weighted by Gasteiger charge is 2.39. The standard InChI is InChI=1S/C18H32N2O2/c1-18(2,3)22-17(21)20(15-7-8-15)10-4-9-19-16-12-13-5-6-14(16)11-13/h13-16,19H,4-12H2,1-3H3. The molecule has 0 aliphatic heterocycles. The van der Waals surface area contributed by atoms with Gasteiger partial charge >= 0.3 is 6.09 Å². The highest BCUT2D eigenvalue weighted by Crippen LogP contribution is 2.44. The van der Waals surface area contributed by atoms with Crippen molar-refractivity contribution in [3.63, 3.8) is 0 Å². The molecule has 3 saturated carbocycles. The molecule has 3 fully saturated rings. The van der Waals surface area contributed by atoms with Crippen LogP contribution < -0.4 is 5.32 Å². The molecule has 3 unspecified atom stereocenters. The fourth-order valence-electron chi connectivity index (χ4n) is 4.16. The number of fused-ring (bicyclic) bond motifs is 2. The summed E-state index contributed by atoms with van der Waals surface area (Å²) in [6.45, 7) is 7.67. The second kappa shape index (κ2) is 6.38. The average molecular weight is 308 g/mol. The molecule has 0 saturated heterocycles. The first-order valence-corrected chi connectivity index (χ1v) is 9.15. The first kappa shape index (κ1) is 16.1. The minimum Gasteiger partial charge on any atom is -0.444 e. The third-order valence-electron chi connectivity index (χ3n) is 5.34. The zero-order valence-electron chi connectivity index (χ0n) is 14.4. The largest absolute Gasteiger partial charge is 0.444 e. The van der Waals surface area contributed by atoms with Crippen LogP contribution in [0.4, 0.5) is 4.79 Å². The third-order valence-corrected chi connectivity index (χ3v) is 5.34. The van der Waals surface area contributed by atoms with E-state index in [9.17, 15) is 4.79 Å². The van der Waals surface area contributed by atoms with E-state index in [4.69, 9.17) is 4.74 Å². The quantitative estimate of drug-likeness (QED) is 0.763. The number of amides is 1. The molecule has 4 nitrogen and oxygen atoms in total. The van der Waals surface area contributed by atoms with E-state index in [0.717, 1.165) is 50.2 Å². The summed E-state index contributed by atoms with van der Waals surface area (Å²) in [6, 6.07) is 1.17. The topological polar surface area (TPSA) is 41.6 Å². The highest BCUT2D eigenvalue weighted by atomic mass is 16.6. The number of hydrogen-bond donors (Lipinski definition) is 1. The summed E-state index contributed by atoms with van der Waals surface area (Å²) in [4.78, 5) is 14.2. The minimum atomic E-state index is -0.397. The van der Waals surface area contributed by atoms with Crippen LogP contribution in [0.5, 0.6) is 0 Å². The molecule has 3 rings (SSSR count). The van der Waals surface area contributed by atoms with Crippen LogP contribution >= 0.6 is 0 Å². The summed E-state index contributed by atoms with van der Waals surface area (Å²) < 4.78 is 5.54. The van der Waals surface area contributed by atoms with Gasteiger partial charge < -0.3 is 15.0 Å². The summed E-state index contributed by atoms with van der Waals surface area (Å²) in [7, 11) is 0. The molecule has 2 bridgehead atoms. The Bertz CT molecular complexity index is 400. The summed E-state index contributed by atoms with van der Waals surface area (Å²) in [5.74, 6) is 1.92. The minimum absolute atomic E-state index is 0.130. The van der Waals surface area contributed by atoms with E-state index in [1.165, 1.54) is 25.7 Å².